The van der Waals surface area contributed by atoms with Gasteiger partial charge in [-0.15, -0.1) is 0 Å². The molecule has 144 valence electrons. The topological polar surface area (TPSA) is 12.9 Å². The van der Waals surface area contributed by atoms with Crippen molar-refractivity contribution in [1.82, 2.24) is 4.98 Å². The molecule has 0 atom stereocenters. The maximum Gasteiger partial charge on any atom is 0.0711 e. The molecule has 1 aromatic carbocycles. The SMILES string of the molecule is CCCCc1nc2cccc(CCCC)c2c(CCCC)c1CCCC. The van der Waals surface area contributed by atoms with Crippen LogP contribution in [0.25, 0.3) is 10.9 Å². The zero-order valence-corrected chi connectivity index (χ0v) is 17.7. The Morgan fingerprint density at radius 2 is 1.23 bits per heavy atom. The van der Waals surface area contributed by atoms with Crippen molar-refractivity contribution in [2.45, 2.75) is 105 Å². The van der Waals surface area contributed by atoms with Crippen molar-refractivity contribution in [3.05, 3.63) is 40.6 Å². The third-order valence-corrected chi connectivity index (χ3v) is 5.53. The number of fused-ring (bicyclic) bond motifs is 1. The van der Waals surface area contributed by atoms with Crippen LogP contribution in [0.4, 0.5) is 0 Å². The number of hydrogen-bond acceptors (Lipinski definition) is 1. The van der Waals surface area contributed by atoms with E-state index in [2.05, 4.69) is 45.9 Å². The molecule has 0 aliphatic rings. The number of hydrogen-bond donors (Lipinski definition) is 0. The second-order valence-electron chi connectivity index (χ2n) is 7.74. The summed E-state index contributed by atoms with van der Waals surface area (Å²) in [6.07, 6.45) is 14.9. The predicted octanol–water partition coefficient (Wildman–Crippen LogP) is 7.61. The number of unbranched alkanes of at least 4 members (excludes halogenated alkanes) is 4. The van der Waals surface area contributed by atoms with E-state index < -0.39 is 0 Å². The van der Waals surface area contributed by atoms with Crippen LogP contribution in [0.2, 0.25) is 0 Å². The van der Waals surface area contributed by atoms with Gasteiger partial charge in [0.1, 0.15) is 0 Å². The molecule has 0 aliphatic heterocycles. The molecule has 0 N–H and O–H groups in total. The van der Waals surface area contributed by atoms with Gasteiger partial charge in [-0.1, -0.05) is 65.5 Å². The molecular weight excluding hydrogens is 314 g/mol. The summed E-state index contributed by atoms with van der Waals surface area (Å²) in [6, 6.07) is 6.82. The maximum atomic E-state index is 5.20. The first-order valence-electron chi connectivity index (χ1n) is 11.2. The van der Waals surface area contributed by atoms with Gasteiger partial charge in [-0.05, 0) is 74.1 Å². The first kappa shape index (κ1) is 20.9. The number of aryl methyl sites for hydroxylation is 3. The summed E-state index contributed by atoms with van der Waals surface area (Å²) in [4.78, 5) is 5.20. The molecule has 2 rings (SSSR count). The Bertz CT molecular complexity index is 671. The van der Waals surface area contributed by atoms with Crippen molar-refractivity contribution in [2.24, 2.45) is 0 Å². The summed E-state index contributed by atoms with van der Waals surface area (Å²) in [5.74, 6) is 0. The largest absolute Gasteiger partial charge is 0.253 e. The second-order valence-corrected chi connectivity index (χ2v) is 7.74. The van der Waals surface area contributed by atoms with E-state index in [0.29, 0.717) is 0 Å². The number of nitrogens with zero attached hydrogens (tertiary/aromatic N) is 1. The van der Waals surface area contributed by atoms with Crippen LogP contribution < -0.4 is 0 Å². The lowest BCUT2D eigenvalue weighted by atomic mass is 9.88. The molecule has 0 radical (unpaired) electrons. The third-order valence-electron chi connectivity index (χ3n) is 5.53. The van der Waals surface area contributed by atoms with Crippen LogP contribution in [-0.2, 0) is 25.7 Å². The van der Waals surface area contributed by atoms with Gasteiger partial charge in [-0.25, -0.2) is 0 Å². The van der Waals surface area contributed by atoms with Crippen LogP contribution in [0.1, 0.15) is 101 Å². The van der Waals surface area contributed by atoms with E-state index in [-0.39, 0.29) is 0 Å². The van der Waals surface area contributed by atoms with Gasteiger partial charge < -0.3 is 0 Å². The van der Waals surface area contributed by atoms with Gasteiger partial charge in [-0.3, -0.25) is 4.98 Å². The van der Waals surface area contributed by atoms with Gasteiger partial charge in [0.05, 0.1) is 5.52 Å². The first-order valence-corrected chi connectivity index (χ1v) is 11.2. The Balaban J connectivity index is 2.63. The summed E-state index contributed by atoms with van der Waals surface area (Å²) in [6.45, 7) is 9.19. The van der Waals surface area contributed by atoms with E-state index in [9.17, 15) is 0 Å². The van der Waals surface area contributed by atoms with Gasteiger partial charge in [-0.2, -0.15) is 0 Å². The molecule has 1 heterocycles. The van der Waals surface area contributed by atoms with Crippen LogP contribution in [0.3, 0.4) is 0 Å². The highest BCUT2D eigenvalue weighted by atomic mass is 14.7. The molecular formula is C25H39N. The minimum Gasteiger partial charge on any atom is -0.253 e. The lowest BCUT2D eigenvalue weighted by molar-refractivity contribution is 0.725. The Morgan fingerprint density at radius 1 is 0.654 bits per heavy atom. The lowest BCUT2D eigenvalue weighted by Crippen LogP contribution is -2.07. The van der Waals surface area contributed by atoms with E-state index in [4.69, 9.17) is 4.98 Å². The molecule has 0 aliphatic carbocycles. The average molecular weight is 354 g/mol. The number of pyridine rings is 1. The molecule has 0 bridgehead atoms. The highest BCUT2D eigenvalue weighted by molar-refractivity contribution is 5.87. The number of benzene rings is 1. The average Bonchev–Trinajstić information content (AvgIpc) is 2.67. The van der Waals surface area contributed by atoms with Gasteiger partial charge in [0.15, 0.2) is 0 Å². The monoisotopic (exact) mass is 353 g/mol. The molecule has 2 aromatic rings. The van der Waals surface area contributed by atoms with Crippen molar-refractivity contribution in [1.29, 1.82) is 0 Å². The van der Waals surface area contributed by atoms with Crippen LogP contribution in [0, 0.1) is 0 Å². The normalized spacial score (nSPS) is 11.4. The second kappa shape index (κ2) is 11.4. The standard InChI is InChI=1S/C25H39N/c1-5-9-14-20-15-13-19-24-25(20)22(17-11-7-3)21(16-10-6-2)23(26-24)18-12-8-4/h13,15,19H,5-12,14,16-18H2,1-4H3. The van der Waals surface area contributed by atoms with E-state index in [1.807, 2.05) is 0 Å². The zero-order valence-electron chi connectivity index (χ0n) is 17.7. The number of rotatable bonds is 12. The van der Waals surface area contributed by atoms with Crippen LogP contribution in [0.5, 0.6) is 0 Å². The quantitative estimate of drug-likeness (QED) is 0.382. The van der Waals surface area contributed by atoms with Crippen molar-refractivity contribution < 1.29 is 0 Å². The minimum absolute atomic E-state index is 1.14. The highest BCUT2D eigenvalue weighted by Gasteiger charge is 2.16. The first-order chi connectivity index (χ1) is 12.8. The molecule has 0 fully saturated rings. The molecule has 26 heavy (non-hydrogen) atoms. The summed E-state index contributed by atoms with van der Waals surface area (Å²) in [7, 11) is 0. The summed E-state index contributed by atoms with van der Waals surface area (Å²) >= 11 is 0. The smallest absolute Gasteiger partial charge is 0.0711 e. The summed E-state index contributed by atoms with van der Waals surface area (Å²) < 4.78 is 0. The minimum atomic E-state index is 1.14. The zero-order chi connectivity index (χ0) is 18.8. The van der Waals surface area contributed by atoms with Gasteiger partial charge in [0, 0.05) is 11.1 Å². The van der Waals surface area contributed by atoms with Crippen molar-refractivity contribution in [2.75, 3.05) is 0 Å². The molecule has 0 unspecified atom stereocenters. The fraction of sp³-hybridized carbons (Fsp3) is 0.640. The third kappa shape index (κ3) is 5.32. The summed E-state index contributed by atoms with van der Waals surface area (Å²) in [5, 5.41) is 1.50. The molecule has 1 aromatic heterocycles. The Labute approximate surface area is 161 Å². The Kier molecular flexibility index (Phi) is 9.15. The molecule has 0 saturated heterocycles. The van der Waals surface area contributed by atoms with Crippen molar-refractivity contribution in [3.63, 3.8) is 0 Å². The van der Waals surface area contributed by atoms with Crippen LogP contribution >= 0.6 is 0 Å². The fourth-order valence-electron chi connectivity index (χ4n) is 3.97. The Hall–Kier alpha value is -1.37. The van der Waals surface area contributed by atoms with E-state index >= 15 is 0 Å². The highest BCUT2D eigenvalue weighted by Crippen LogP contribution is 2.31. The van der Waals surface area contributed by atoms with Crippen molar-refractivity contribution in [3.8, 4) is 0 Å². The fourth-order valence-corrected chi connectivity index (χ4v) is 3.97. The van der Waals surface area contributed by atoms with E-state index in [1.165, 1.54) is 92.8 Å². The van der Waals surface area contributed by atoms with E-state index in [0.717, 1.165) is 6.42 Å². The Morgan fingerprint density at radius 3 is 1.88 bits per heavy atom. The molecule has 1 nitrogen and oxygen atoms in total. The molecule has 0 spiro atoms. The molecule has 0 saturated carbocycles. The summed E-state index contributed by atoms with van der Waals surface area (Å²) in [5.41, 5.74) is 7.42. The lowest BCUT2D eigenvalue weighted by Gasteiger charge is -2.19. The molecule has 1 heteroatoms. The van der Waals surface area contributed by atoms with Crippen LogP contribution in [-0.4, -0.2) is 4.98 Å². The predicted molar refractivity (Wildman–Crippen MR) is 116 cm³/mol. The van der Waals surface area contributed by atoms with Gasteiger partial charge in [0.25, 0.3) is 0 Å². The van der Waals surface area contributed by atoms with E-state index in [1.54, 1.807) is 11.1 Å². The number of aromatic nitrogens is 1. The van der Waals surface area contributed by atoms with Gasteiger partial charge >= 0.3 is 0 Å². The maximum absolute atomic E-state index is 5.20. The van der Waals surface area contributed by atoms with Crippen molar-refractivity contribution >= 4 is 10.9 Å². The molecule has 0 amide bonds. The van der Waals surface area contributed by atoms with Gasteiger partial charge in [0.2, 0.25) is 0 Å². The van der Waals surface area contributed by atoms with Crippen LogP contribution in [0.15, 0.2) is 18.2 Å².